The number of hydrogen-bond acceptors (Lipinski definition) is 5. The van der Waals surface area contributed by atoms with Gasteiger partial charge in [0.05, 0.1) is 24.2 Å². The normalized spacial score (nSPS) is 11.9. The third kappa shape index (κ3) is 4.26. The quantitative estimate of drug-likeness (QED) is 0.593. The Bertz CT molecular complexity index is 1040. The Morgan fingerprint density at radius 2 is 1.82 bits per heavy atom. The lowest BCUT2D eigenvalue weighted by atomic mass is 10.1. The van der Waals surface area contributed by atoms with Crippen molar-refractivity contribution in [1.82, 2.24) is 9.46 Å². The van der Waals surface area contributed by atoms with Crippen molar-refractivity contribution in [3.8, 4) is 17.1 Å². The van der Waals surface area contributed by atoms with E-state index in [0.29, 0.717) is 17.2 Å². The van der Waals surface area contributed by atoms with E-state index in [-0.39, 0.29) is 17.5 Å². The number of benzene rings is 2. The van der Waals surface area contributed by atoms with Crippen molar-refractivity contribution < 1.29 is 17.7 Å². The Morgan fingerprint density at radius 1 is 1.11 bits per heavy atom. The zero-order valence-electron chi connectivity index (χ0n) is 16.4. The highest BCUT2D eigenvalue weighted by molar-refractivity contribution is 7.89. The number of aryl methyl sites for hydroxylation is 1. The monoisotopic (exact) mass is 400 g/mol. The molecule has 0 N–H and O–H groups in total. The number of methoxy groups -OCH3 is 1. The summed E-state index contributed by atoms with van der Waals surface area (Å²) in [5.74, 6) is 1.27. The van der Waals surface area contributed by atoms with Crippen LogP contribution in [0.4, 0.5) is 0 Å². The number of ether oxygens (including phenoxy) is 1. The molecule has 148 valence electrons. The number of nitrogens with zero attached hydrogens (tertiary/aromatic N) is 2. The van der Waals surface area contributed by atoms with Crippen LogP contribution in [0, 0.1) is 6.92 Å². The fraction of sp³-hybridized carbons (Fsp3) is 0.286. The molecule has 0 fully saturated rings. The van der Waals surface area contributed by atoms with Crippen molar-refractivity contribution in [2.45, 2.75) is 38.3 Å². The third-order valence-electron chi connectivity index (χ3n) is 4.43. The second kappa shape index (κ2) is 8.16. The van der Waals surface area contributed by atoms with Crippen LogP contribution >= 0.6 is 0 Å². The van der Waals surface area contributed by atoms with Gasteiger partial charge in [0.25, 0.3) is 0 Å². The standard InChI is InChI=1S/C21H24N2O4S/c1-15(2)23(28(24,25)20-10-8-16(3)9-11-20)14-18-13-21(27-22-18)17-6-5-7-19(12-17)26-4/h5-13,15H,14H2,1-4H3. The van der Waals surface area contributed by atoms with Crippen LogP contribution < -0.4 is 4.74 Å². The van der Waals surface area contributed by atoms with Crippen LogP contribution in [0.2, 0.25) is 0 Å². The van der Waals surface area contributed by atoms with Gasteiger partial charge in [-0.05, 0) is 45.0 Å². The molecule has 0 bridgehead atoms. The zero-order valence-corrected chi connectivity index (χ0v) is 17.2. The summed E-state index contributed by atoms with van der Waals surface area (Å²) in [4.78, 5) is 0.267. The Morgan fingerprint density at radius 3 is 2.46 bits per heavy atom. The average molecular weight is 401 g/mol. The molecule has 0 aliphatic heterocycles. The molecule has 0 aliphatic rings. The topological polar surface area (TPSA) is 72.6 Å². The maximum atomic E-state index is 13.1. The molecule has 0 atom stereocenters. The predicted molar refractivity (Wildman–Crippen MR) is 108 cm³/mol. The van der Waals surface area contributed by atoms with Crippen LogP contribution in [0.5, 0.6) is 5.75 Å². The largest absolute Gasteiger partial charge is 0.497 e. The molecule has 6 nitrogen and oxygen atoms in total. The Labute approximate surface area is 165 Å². The van der Waals surface area contributed by atoms with Crippen LogP contribution in [0.3, 0.4) is 0 Å². The SMILES string of the molecule is COc1cccc(-c2cc(CN(C(C)C)S(=O)(=O)c3ccc(C)cc3)no2)c1. The summed E-state index contributed by atoms with van der Waals surface area (Å²) in [5, 5.41) is 4.07. The van der Waals surface area contributed by atoms with Crippen LogP contribution in [0.25, 0.3) is 11.3 Å². The van der Waals surface area contributed by atoms with Crippen LogP contribution in [-0.4, -0.2) is 31.0 Å². The Balaban J connectivity index is 1.87. The first-order chi connectivity index (χ1) is 13.3. The zero-order chi connectivity index (χ0) is 20.3. The van der Waals surface area contributed by atoms with E-state index in [1.54, 1.807) is 37.4 Å². The molecule has 0 radical (unpaired) electrons. The highest BCUT2D eigenvalue weighted by Gasteiger charge is 2.28. The van der Waals surface area contributed by atoms with Gasteiger partial charge in [-0.1, -0.05) is 35.0 Å². The highest BCUT2D eigenvalue weighted by Crippen LogP contribution is 2.26. The van der Waals surface area contributed by atoms with E-state index in [1.807, 2.05) is 45.0 Å². The molecule has 0 aliphatic carbocycles. The van der Waals surface area contributed by atoms with Gasteiger partial charge in [0, 0.05) is 17.7 Å². The molecule has 1 heterocycles. The second-order valence-corrected chi connectivity index (χ2v) is 8.76. The van der Waals surface area contributed by atoms with Gasteiger partial charge in [-0.2, -0.15) is 4.31 Å². The Kier molecular flexibility index (Phi) is 5.86. The van der Waals surface area contributed by atoms with Crippen molar-refractivity contribution >= 4 is 10.0 Å². The van der Waals surface area contributed by atoms with Crippen LogP contribution in [0.1, 0.15) is 25.1 Å². The van der Waals surface area contributed by atoms with E-state index in [9.17, 15) is 8.42 Å². The molecular weight excluding hydrogens is 376 g/mol. The van der Waals surface area contributed by atoms with Gasteiger partial charge in [0.2, 0.25) is 10.0 Å². The summed E-state index contributed by atoms with van der Waals surface area (Å²) in [7, 11) is -2.05. The van der Waals surface area contributed by atoms with Crippen molar-refractivity contribution in [1.29, 1.82) is 0 Å². The van der Waals surface area contributed by atoms with Crippen molar-refractivity contribution in [2.24, 2.45) is 0 Å². The molecule has 0 amide bonds. The second-order valence-electron chi connectivity index (χ2n) is 6.87. The first kappa shape index (κ1) is 20.1. The van der Waals surface area contributed by atoms with Crippen LogP contribution in [0.15, 0.2) is 64.0 Å². The number of hydrogen-bond donors (Lipinski definition) is 0. The van der Waals surface area contributed by atoms with Crippen molar-refractivity contribution in [3.63, 3.8) is 0 Å². The summed E-state index contributed by atoms with van der Waals surface area (Å²) in [6.07, 6.45) is 0. The van der Waals surface area contributed by atoms with E-state index in [4.69, 9.17) is 9.26 Å². The fourth-order valence-corrected chi connectivity index (χ4v) is 4.46. The number of sulfonamides is 1. The molecule has 3 rings (SSSR count). The lowest BCUT2D eigenvalue weighted by Gasteiger charge is -2.25. The summed E-state index contributed by atoms with van der Waals surface area (Å²) in [6, 6.07) is 15.8. The maximum absolute atomic E-state index is 13.1. The van der Waals surface area contributed by atoms with E-state index >= 15 is 0 Å². The molecule has 0 spiro atoms. The van der Waals surface area contributed by atoms with E-state index < -0.39 is 10.0 Å². The smallest absolute Gasteiger partial charge is 0.243 e. The summed E-state index contributed by atoms with van der Waals surface area (Å²) < 4.78 is 38.3. The van der Waals surface area contributed by atoms with Gasteiger partial charge in [-0.3, -0.25) is 0 Å². The van der Waals surface area contributed by atoms with Crippen molar-refractivity contribution in [2.75, 3.05) is 7.11 Å². The van der Waals surface area contributed by atoms with E-state index in [0.717, 1.165) is 11.1 Å². The lowest BCUT2D eigenvalue weighted by Crippen LogP contribution is -2.36. The van der Waals surface area contributed by atoms with E-state index in [1.165, 1.54) is 4.31 Å². The molecule has 0 unspecified atom stereocenters. The number of rotatable bonds is 7. The van der Waals surface area contributed by atoms with Gasteiger partial charge >= 0.3 is 0 Å². The molecule has 0 saturated heterocycles. The molecule has 0 saturated carbocycles. The predicted octanol–water partition coefficient (Wildman–Crippen LogP) is 4.26. The Hall–Kier alpha value is -2.64. The highest BCUT2D eigenvalue weighted by atomic mass is 32.2. The maximum Gasteiger partial charge on any atom is 0.243 e. The fourth-order valence-electron chi connectivity index (χ4n) is 2.85. The summed E-state index contributed by atoms with van der Waals surface area (Å²) in [6.45, 7) is 5.73. The molecule has 1 aromatic heterocycles. The average Bonchev–Trinajstić information content (AvgIpc) is 3.15. The lowest BCUT2D eigenvalue weighted by molar-refractivity contribution is 0.332. The minimum Gasteiger partial charge on any atom is -0.497 e. The van der Waals surface area contributed by atoms with Gasteiger partial charge in [0.1, 0.15) is 5.75 Å². The first-order valence-electron chi connectivity index (χ1n) is 9.00. The molecule has 7 heteroatoms. The van der Waals surface area contributed by atoms with Gasteiger partial charge in [-0.15, -0.1) is 0 Å². The molecule has 3 aromatic rings. The van der Waals surface area contributed by atoms with Gasteiger partial charge < -0.3 is 9.26 Å². The summed E-state index contributed by atoms with van der Waals surface area (Å²) >= 11 is 0. The minimum atomic E-state index is -3.65. The van der Waals surface area contributed by atoms with Crippen molar-refractivity contribution in [3.05, 3.63) is 65.9 Å². The van der Waals surface area contributed by atoms with Gasteiger partial charge in [-0.25, -0.2) is 8.42 Å². The minimum absolute atomic E-state index is 0.126. The third-order valence-corrected chi connectivity index (χ3v) is 6.47. The molecular formula is C21H24N2O4S. The first-order valence-corrected chi connectivity index (χ1v) is 10.4. The van der Waals surface area contributed by atoms with E-state index in [2.05, 4.69) is 5.16 Å². The molecule has 2 aromatic carbocycles. The van der Waals surface area contributed by atoms with Crippen LogP contribution in [-0.2, 0) is 16.6 Å². The number of aromatic nitrogens is 1. The molecule has 28 heavy (non-hydrogen) atoms. The summed E-state index contributed by atoms with van der Waals surface area (Å²) in [5.41, 5.74) is 2.37. The van der Waals surface area contributed by atoms with Gasteiger partial charge in [0.15, 0.2) is 5.76 Å².